The van der Waals surface area contributed by atoms with Gasteiger partial charge >= 0.3 is 118 Å². The molecule has 37 heavy (non-hydrogen) atoms. The Balaban J connectivity index is -0.0000000118. The topological polar surface area (TPSA) is 413 Å². The number of carbonyl (C=O) groups excluding carboxylic acids is 2. The molecular formula is C10H34Cl8N6O10Pt3. The smallest absolute Gasteiger partial charge is 0.693 e. The van der Waals surface area contributed by atoms with E-state index in [1.165, 1.54) is 0 Å². The van der Waals surface area contributed by atoms with Gasteiger partial charge in [0.1, 0.15) is 0 Å². The first-order valence-electron chi connectivity index (χ1n) is 5.89. The predicted octanol–water partition coefficient (Wildman–Crippen LogP) is 9.06. The molecule has 20 N–H and O–H groups in total. The number of hydrogen-bond donors (Lipinski definition) is 4. The van der Waals surface area contributed by atoms with Crippen molar-refractivity contribution in [3.05, 3.63) is 36.9 Å². The fourth-order valence-electron chi connectivity index (χ4n) is 0.197. The van der Waals surface area contributed by atoms with Crippen LogP contribution < -0.4 is 0 Å². The summed E-state index contributed by atoms with van der Waals surface area (Å²) in [4.78, 5) is 38.5. The molecule has 0 amide bonds. The SMILES string of the molecule is CCC(=O)O.CCC(=O)O.O.O.O=C(Cl)CCC(=O)Cl.OO.[Cl][Pt+2][Cl].[Cl][Pt+2][Cl].[Cl][Pt+2][Cl].[NH2-].[NH2-].[NH2-].[NH2-].[NH2-].[NH2-]. The van der Waals surface area contributed by atoms with Crippen LogP contribution >= 0.6 is 79.7 Å². The molecule has 0 aliphatic rings. The Kier molecular flexibility index (Phi) is 310. The second-order valence-electron chi connectivity index (χ2n) is 2.84. The molecule has 0 aromatic carbocycles. The summed E-state index contributed by atoms with van der Waals surface area (Å²) in [5.41, 5.74) is 0. The third-order valence-electron chi connectivity index (χ3n) is 1.12. The molecule has 0 heterocycles. The largest absolute Gasteiger partial charge is 0.693 e. The zero-order chi connectivity index (χ0) is 25.3. The molecule has 0 aromatic rings. The molecule has 0 atom stereocenters. The number of halogens is 8. The monoisotopic (exact) mass is 1260 g/mol. The molecule has 27 heteroatoms. The van der Waals surface area contributed by atoms with Crippen LogP contribution in [0.15, 0.2) is 0 Å². The van der Waals surface area contributed by atoms with Crippen molar-refractivity contribution in [3.8, 4) is 0 Å². The Bertz CT molecular complexity index is 340. The summed E-state index contributed by atoms with van der Waals surface area (Å²) in [5.74, 6) is -1.49. The third-order valence-corrected chi connectivity index (χ3v) is 1.50. The van der Waals surface area contributed by atoms with Gasteiger partial charge in [-0.3, -0.25) is 29.7 Å². The Morgan fingerprint density at radius 3 is 0.649 bits per heavy atom. The van der Waals surface area contributed by atoms with Gasteiger partial charge in [0, 0.05) is 25.7 Å². The average molecular weight is 1270 g/mol. The predicted molar refractivity (Wildman–Crippen MR) is 146 cm³/mol. The minimum Gasteiger partial charge on any atom is -0.693 e. The molecular weight excluding hydrogens is 1230 g/mol. The van der Waals surface area contributed by atoms with Crippen LogP contribution in [0.2, 0.25) is 0 Å². The van der Waals surface area contributed by atoms with Crippen LogP contribution in [0, 0.1) is 0 Å². The second-order valence-corrected chi connectivity index (χ2v) is 13.5. The van der Waals surface area contributed by atoms with Gasteiger partial charge in [0.2, 0.25) is 10.5 Å². The first kappa shape index (κ1) is 97.6. The van der Waals surface area contributed by atoms with E-state index in [1.807, 2.05) is 0 Å². The number of nitrogens with two attached hydrogens (primary N) is 6. The van der Waals surface area contributed by atoms with Crippen LogP contribution in [0.5, 0.6) is 0 Å². The maximum atomic E-state index is 9.90. The van der Waals surface area contributed by atoms with E-state index in [4.69, 9.17) is 100 Å². The van der Waals surface area contributed by atoms with Crippen LogP contribution in [0.3, 0.4) is 0 Å². The van der Waals surface area contributed by atoms with Gasteiger partial charge < -0.3 is 58.1 Å². The Labute approximate surface area is 276 Å². The molecule has 0 aliphatic heterocycles. The first-order valence-corrected chi connectivity index (χ1v) is 23.5. The van der Waals surface area contributed by atoms with E-state index < -0.39 is 71.9 Å². The van der Waals surface area contributed by atoms with Gasteiger partial charge in [0.05, 0.1) is 0 Å². The van der Waals surface area contributed by atoms with E-state index in [2.05, 4.69) is 0 Å². The maximum absolute atomic E-state index is 9.90. The molecule has 16 nitrogen and oxygen atoms in total. The van der Waals surface area contributed by atoms with Crippen LogP contribution in [0.1, 0.15) is 39.5 Å². The van der Waals surface area contributed by atoms with Crippen molar-refractivity contribution in [1.29, 1.82) is 0 Å². The van der Waals surface area contributed by atoms with Crippen molar-refractivity contribution in [2.75, 3.05) is 0 Å². The van der Waals surface area contributed by atoms with Gasteiger partial charge in [0.15, 0.2) is 0 Å². The standard InChI is InChI=1S/C4H4Cl2O2.2C3H6O2.6ClH.6H2N.H2O2.2H2O.3Pt/c5-3(7)1-2-4(6)8;2*1-2-3(4)5;;;;;;;;;;;;;1-2;;;;;/h1-2H2;2*2H2,1H3,(H,4,5);6*1H;6*1H2;1-2H;2*1H2;;;/q;;;;;;;;;6*-1;;;;3*+4/p-6. The van der Waals surface area contributed by atoms with Crippen LogP contribution in [-0.4, -0.2) is 54.1 Å². The van der Waals surface area contributed by atoms with E-state index in [9.17, 15) is 19.2 Å². The van der Waals surface area contributed by atoms with E-state index in [1.54, 1.807) is 13.8 Å². The summed E-state index contributed by atoms with van der Waals surface area (Å²) in [7, 11) is 29.2. The van der Waals surface area contributed by atoms with Gasteiger partial charge in [-0.25, -0.2) is 0 Å². The molecule has 250 valence electrons. The van der Waals surface area contributed by atoms with Crippen LogP contribution in [0.4, 0.5) is 0 Å². The number of rotatable bonds is 5. The van der Waals surface area contributed by atoms with E-state index in [-0.39, 0.29) is 73.5 Å². The van der Waals surface area contributed by atoms with Crippen molar-refractivity contribution in [2.24, 2.45) is 0 Å². The van der Waals surface area contributed by atoms with Gasteiger partial charge in [-0.15, -0.1) is 0 Å². The van der Waals surface area contributed by atoms with Crippen LogP contribution in [0.25, 0.3) is 36.9 Å². The molecule has 0 aromatic heterocycles. The van der Waals surface area contributed by atoms with E-state index in [0.29, 0.717) is 0 Å². The summed E-state index contributed by atoms with van der Waals surface area (Å²) in [6.45, 7) is 3.20. The molecule has 0 bridgehead atoms. The fourth-order valence-corrected chi connectivity index (χ4v) is 0.386. The zero-order valence-corrected chi connectivity index (χ0v) is 31.6. The normalized spacial score (nSPS) is 5.84. The fraction of sp³-hybridized carbons (Fsp3) is 0.600. The second kappa shape index (κ2) is 118. The minimum atomic E-state index is -0.745. The summed E-state index contributed by atoms with van der Waals surface area (Å²) >= 11 is 8.33. The third kappa shape index (κ3) is 397. The molecule has 0 saturated carbocycles. The van der Waals surface area contributed by atoms with Crippen molar-refractivity contribution >= 4 is 102 Å². The van der Waals surface area contributed by atoms with E-state index in [0.717, 1.165) is 0 Å². The van der Waals surface area contributed by atoms with Gasteiger partial charge in [0.25, 0.3) is 0 Å². The minimum absolute atomic E-state index is 0. The van der Waals surface area contributed by atoms with Crippen LogP contribution in [-0.2, 0) is 68.6 Å². The zero-order valence-electron chi connectivity index (χ0n) is 18.7. The first-order chi connectivity index (χ1) is 13.4. The summed E-state index contributed by atoms with van der Waals surface area (Å²) in [5, 5.41) is 26.4. The molecule has 0 saturated heterocycles. The molecule has 0 aliphatic carbocycles. The molecule has 0 unspecified atom stereocenters. The number of hydrogen-bond acceptors (Lipinski definition) is 6. The van der Waals surface area contributed by atoms with Crippen molar-refractivity contribution in [1.82, 2.24) is 0 Å². The number of aliphatic carboxylic acids is 2. The Morgan fingerprint density at radius 1 is 0.541 bits per heavy atom. The Hall–Kier alpha value is 2.26. The number of carboxylic acids is 2. The average Bonchev–Trinajstić information content (AvgIpc) is 2.64. The maximum Gasteiger partial charge on any atom is -0.693 e. The number of carboxylic acid groups (broad SMARTS) is 2. The summed E-state index contributed by atoms with van der Waals surface area (Å²) in [6.07, 6.45) is 0.508. The van der Waals surface area contributed by atoms with Gasteiger partial charge in [-0.2, -0.15) is 0 Å². The van der Waals surface area contributed by atoms with Gasteiger partial charge in [-0.05, 0) is 23.2 Å². The number of carbonyl (C=O) groups is 4. The van der Waals surface area contributed by atoms with Crippen molar-refractivity contribution in [2.45, 2.75) is 39.5 Å². The summed E-state index contributed by atoms with van der Waals surface area (Å²) in [6, 6.07) is 0. The molecule has 0 rings (SSSR count). The van der Waals surface area contributed by atoms with Crippen molar-refractivity contribution in [3.63, 3.8) is 0 Å². The molecule has 0 fully saturated rings. The van der Waals surface area contributed by atoms with E-state index >= 15 is 0 Å². The quantitative estimate of drug-likeness (QED) is 0.116. The summed E-state index contributed by atoms with van der Waals surface area (Å²) < 4.78 is 0. The molecule has 0 radical (unpaired) electrons. The van der Waals surface area contributed by atoms with Gasteiger partial charge in [-0.1, -0.05) is 13.8 Å². The van der Waals surface area contributed by atoms with Crippen molar-refractivity contribution < 1.29 is 100 Å². The Morgan fingerprint density at radius 2 is 0.622 bits per heavy atom. The molecule has 0 spiro atoms.